The minimum absolute atomic E-state index is 0.280. The molecule has 2 aliphatic rings. The van der Waals surface area contributed by atoms with Gasteiger partial charge in [-0.15, -0.1) is 11.3 Å². The van der Waals surface area contributed by atoms with Crippen LogP contribution in [0.3, 0.4) is 0 Å². The first-order valence-electron chi connectivity index (χ1n) is 10.3. The van der Waals surface area contributed by atoms with Crippen molar-refractivity contribution < 1.29 is 13.2 Å². The Kier molecular flexibility index (Phi) is 5.52. The van der Waals surface area contributed by atoms with Crippen molar-refractivity contribution in [2.24, 2.45) is 5.92 Å². The van der Waals surface area contributed by atoms with Gasteiger partial charge in [-0.1, -0.05) is 17.7 Å². The lowest BCUT2D eigenvalue weighted by Gasteiger charge is -2.38. The molecule has 0 aromatic carbocycles. The number of likely N-dealkylation sites (tertiary alicyclic amines) is 1. The molecule has 0 unspecified atom stereocenters. The number of anilines is 1. The summed E-state index contributed by atoms with van der Waals surface area (Å²) in [6.45, 7) is 3.57. The van der Waals surface area contributed by atoms with Gasteiger partial charge < -0.3 is 4.90 Å². The summed E-state index contributed by atoms with van der Waals surface area (Å²) < 4.78 is 38.5. The van der Waals surface area contributed by atoms with E-state index in [4.69, 9.17) is 11.6 Å². The normalized spacial score (nSPS) is 22.3. The first-order valence-corrected chi connectivity index (χ1v) is 11.4. The zero-order valence-corrected chi connectivity index (χ0v) is 18.2. The maximum atomic E-state index is 12.8. The van der Waals surface area contributed by atoms with Crippen molar-refractivity contribution in [3.8, 4) is 0 Å². The molecule has 5 heterocycles. The Morgan fingerprint density at radius 3 is 2.77 bits per heavy atom. The topological polar surface area (TPSA) is 45.2 Å². The van der Waals surface area contributed by atoms with E-state index < -0.39 is 12.6 Å². The van der Waals surface area contributed by atoms with Gasteiger partial charge in [-0.05, 0) is 43.0 Å². The number of thiophene rings is 1. The van der Waals surface area contributed by atoms with Gasteiger partial charge in [0.2, 0.25) is 0 Å². The molecule has 3 aromatic heterocycles. The van der Waals surface area contributed by atoms with Crippen LogP contribution in [0.2, 0.25) is 5.15 Å². The molecule has 5 nitrogen and oxygen atoms in total. The lowest BCUT2D eigenvalue weighted by atomic mass is 9.92. The van der Waals surface area contributed by atoms with E-state index >= 15 is 0 Å². The molecule has 5 rings (SSSR count). The maximum absolute atomic E-state index is 12.8. The lowest BCUT2D eigenvalue weighted by molar-refractivity contribution is -0.126. The number of piperidine rings is 1. The highest BCUT2D eigenvalue weighted by Gasteiger charge is 2.39. The largest absolute Gasteiger partial charge is 0.393 e. The van der Waals surface area contributed by atoms with Crippen LogP contribution >= 0.6 is 22.9 Å². The summed E-state index contributed by atoms with van der Waals surface area (Å²) in [5.74, 6) is 1.26. The van der Waals surface area contributed by atoms with Crippen molar-refractivity contribution in [3.63, 3.8) is 0 Å². The number of nitrogens with zero attached hydrogens (tertiary/aromatic N) is 5. The lowest BCUT2D eigenvalue weighted by Crippen LogP contribution is -2.46. The fraction of sp³-hybridized carbons (Fsp3) is 0.476. The van der Waals surface area contributed by atoms with Crippen LogP contribution in [0, 0.1) is 5.92 Å². The zero-order chi connectivity index (χ0) is 21.6. The molecule has 0 amide bonds. The SMILES string of the molecule is FC(F)(F)Cc1cc2c(N3CC[C@@H]4[C@@H](CCN4Cc4ccc(Cl)nc4)C3)ncnc2s1. The number of halogens is 4. The van der Waals surface area contributed by atoms with Gasteiger partial charge in [0.1, 0.15) is 22.1 Å². The van der Waals surface area contributed by atoms with Gasteiger partial charge in [-0.2, -0.15) is 13.2 Å². The number of hydrogen-bond acceptors (Lipinski definition) is 6. The average molecular weight is 468 g/mol. The highest BCUT2D eigenvalue weighted by atomic mass is 35.5. The van der Waals surface area contributed by atoms with E-state index in [9.17, 15) is 13.2 Å². The van der Waals surface area contributed by atoms with E-state index in [1.54, 1.807) is 6.07 Å². The molecule has 0 spiro atoms. The van der Waals surface area contributed by atoms with E-state index in [2.05, 4.69) is 24.8 Å². The highest BCUT2D eigenvalue weighted by molar-refractivity contribution is 7.18. The Hall–Kier alpha value is -1.97. The fourth-order valence-electron chi connectivity index (χ4n) is 4.83. The van der Waals surface area contributed by atoms with Gasteiger partial charge >= 0.3 is 6.18 Å². The monoisotopic (exact) mass is 467 g/mol. The van der Waals surface area contributed by atoms with Crippen LogP contribution < -0.4 is 4.90 Å². The fourth-order valence-corrected chi connectivity index (χ4v) is 5.97. The van der Waals surface area contributed by atoms with Gasteiger partial charge in [0, 0.05) is 36.8 Å². The van der Waals surface area contributed by atoms with Crippen LogP contribution in [0.4, 0.5) is 19.0 Å². The van der Waals surface area contributed by atoms with Crippen LogP contribution in [0.5, 0.6) is 0 Å². The van der Waals surface area contributed by atoms with Gasteiger partial charge in [0.15, 0.2) is 0 Å². The van der Waals surface area contributed by atoms with Gasteiger partial charge in [0.05, 0.1) is 11.8 Å². The van der Waals surface area contributed by atoms with E-state index in [0.29, 0.717) is 21.9 Å². The van der Waals surface area contributed by atoms with Crippen molar-refractivity contribution >= 4 is 39.0 Å². The third-order valence-electron chi connectivity index (χ3n) is 6.16. The second kappa shape index (κ2) is 8.18. The number of alkyl halides is 3. The second-order valence-electron chi connectivity index (χ2n) is 8.23. The zero-order valence-electron chi connectivity index (χ0n) is 16.6. The molecule has 0 N–H and O–H groups in total. The van der Waals surface area contributed by atoms with Crippen molar-refractivity contribution in [3.05, 3.63) is 46.3 Å². The molecule has 0 bridgehead atoms. The van der Waals surface area contributed by atoms with Gasteiger partial charge in [-0.3, -0.25) is 4.90 Å². The molecule has 0 saturated carbocycles. The van der Waals surface area contributed by atoms with Crippen LogP contribution in [0.1, 0.15) is 23.3 Å². The van der Waals surface area contributed by atoms with Crippen molar-refractivity contribution in [1.82, 2.24) is 19.9 Å². The molecule has 0 radical (unpaired) electrons. The molecule has 2 aliphatic heterocycles. The van der Waals surface area contributed by atoms with Gasteiger partial charge in [0.25, 0.3) is 0 Å². The Morgan fingerprint density at radius 1 is 1.13 bits per heavy atom. The molecule has 164 valence electrons. The number of fused-ring (bicyclic) bond motifs is 2. The van der Waals surface area contributed by atoms with E-state index in [-0.39, 0.29) is 4.88 Å². The summed E-state index contributed by atoms with van der Waals surface area (Å²) in [5.41, 5.74) is 1.15. The Bertz CT molecular complexity index is 1070. The molecule has 2 fully saturated rings. The molecular formula is C21H21ClF3N5S. The number of pyridine rings is 1. The Labute approximate surface area is 186 Å². The summed E-state index contributed by atoms with van der Waals surface area (Å²) in [7, 11) is 0. The molecule has 31 heavy (non-hydrogen) atoms. The summed E-state index contributed by atoms with van der Waals surface area (Å²) in [5, 5.41) is 1.23. The van der Waals surface area contributed by atoms with E-state index in [1.807, 2.05) is 18.3 Å². The maximum Gasteiger partial charge on any atom is 0.393 e. The number of aromatic nitrogens is 3. The smallest absolute Gasteiger partial charge is 0.356 e. The summed E-state index contributed by atoms with van der Waals surface area (Å²) >= 11 is 7.00. The predicted octanol–water partition coefficient (Wildman–Crippen LogP) is 4.95. The third kappa shape index (κ3) is 4.49. The van der Waals surface area contributed by atoms with Crippen LogP contribution in [0.25, 0.3) is 10.2 Å². The molecular weight excluding hydrogens is 447 g/mol. The summed E-state index contributed by atoms with van der Waals surface area (Å²) in [4.78, 5) is 18.5. The standard InChI is InChI=1S/C21H21ClF3N5S/c22-18-2-1-13(9-26-18)10-29-5-3-14-11-30(6-4-17(14)29)19-16-7-15(8-21(23,24)25)31-20(16)28-12-27-19/h1-2,7,9,12,14,17H,3-6,8,10-11H2/t14-,17+/m0/s1. The van der Waals surface area contributed by atoms with E-state index in [0.717, 1.165) is 67.1 Å². The quantitative estimate of drug-likeness (QED) is 0.508. The molecule has 10 heteroatoms. The summed E-state index contributed by atoms with van der Waals surface area (Å²) in [6.07, 6.45) is 0.242. The van der Waals surface area contributed by atoms with Crippen LogP contribution in [-0.4, -0.2) is 51.7 Å². The minimum atomic E-state index is -4.22. The number of rotatable bonds is 4. The average Bonchev–Trinajstić information content (AvgIpc) is 3.31. The predicted molar refractivity (Wildman–Crippen MR) is 116 cm³/mol. The first kappa shape index (κ1) is 20.9. The summed E-state index contributed by atoms with van der Waals surface area (Å²) in [6, 6.07) is 5.95. The number of hydrogen-bond donors (Lipinski definition) is 0. The van der Waals surface area contributed by atoms with Crippen LogP contribution in [0.15, 0.2) is 30.7 Å². The minimum Gasteiger partial charge on any atom is -0.356 e. The van der Waals surface area contributed by atoms with Gasteiger partial charge in [-0.25, -0.2) is 15.0 Å². The van der Waals surface area contributed by atoms with Crippen LogP contribution in [-0.2, 0) is 13.0 Å². The Morgan fingerprint density at radius 2 is 2.00 bits per heavy atom. The highest BCUT2D eigenvalue weighted by Crippen LogP contribution is 2.38. The van der Waals surface area contributed by atoms with E-state index in [1.165, 1.54) is 6.33 Å². The van der Waals surface area contributed by atoms with Crippen molar-refractivity contribution in [2.45, 2.75) is 38.0 Å². The molecule has 0 aliphatic carbocycles. The second-order valence-corrected chi connectivity index (χ2v) is 9.73. The Balaban J connectivity index is 1.31. The van der Waals surface area contributed by atoms with Crippen molar-refractivity contribution in [1.29, 1.82) is 0 Å². The molecule has 2 atom stereocenters. The van der Waals surface area contributed by atoms with Crippen molar-refractivity contribution in [2.75, 3.05) is 24.5 Å². The first-order chi connectivity index (χ1) is 14.9. The third-order valence-corrected chi connectivity index (χ3v) is 7.42. The molecule has 3 aromatic rings. The molecule has 2 saturated heterocycles.